The Bertz CT molecular complexity index is 364. The van der Waals surface area contributed by atoms with E-state index in [1.165, 1.54) is 0 Å². The number of anilines is 1. The fraction of sp³-hybridized carbons (Fsp3) is 0.750. The van der Waals surface area contributed by atoms with Crippen molar-refractivity contribution >= 4 is 16.7 Å². The molecule has 0 bridgehead atoms. The number of piperazine rings is 1. The molecule has 0 amide bonds. The van der Waals surface area contributed by atoms with Crippen LogP contribution in [0.5, 0.6) is 0 Å². The molecule has 2 rings (SSSR count). The van der Waals surface area contributed by atoms with Crippen LogP contribution in [-0.2, 0) is 6.18 Å². The van der Waals surface area contributed by atoms with Crippen LogP contribution in [0.1, 0.15) is 12.7 Å². The third-order valence-electron chi connectivity index (χ3n) is 2.42. The van der Waals surface area contributed by atoms with Gasteiger partial charge in [-0.3, -0.25) is 0 Å². The highest BCUT2D eigenvalue weighted by molar-refractivity contribution is 7.09. The van der Waals surface area contributed by atoms with Gasteiger partial charge >= 0.3 is 6.18 Å². The SMILES string of the molecule is CC1CNCCN1c1nc(C(F)(F)F)ns1. The molecule has 1 unspecified atom stereocenters. The topological polar surface area (TPSA) is 41.0 Å². The van der Waals surface area contributed by atoms with Crippen molar-refractivity contribution in [2.45, 2.75) is 19.1 Å². The van der Waals surface area contributed by atoms with Gasteiger partial charge in [0.05, 0.1) is 0 Å². The molecule has 0 saturated carbocycles. The van der Waals surface area contributed by atoms with E-state index in [0.29, 0.717) is 11.7 Å². The number of rotatable bonds is 1. The van der Waals surface area contributed by atoms with Gasteiger partial charge in [0, 0.05) is 37.2 Å². The summed E-state index contributed by atoms with van der Waals surface area (Å²) in [5.41, 5.74) is 0. The maximum atomic E-state index is 12.3. The normalized spacial score (nSPS) is 22.5. The van der Waals surface area contributed by atoms with Crippen molar-refractivity contribution in [2.24, 2.45) is 0 Å². The van der Waals surface area contributed by atoms with Gasteiger partial charge in [0.2, 0.25) is 11.0 Å². The summed E-state index contributed by atoms with van der Waals surface area (Å²) in [6, 6.07) is 0.141. The monoisotopic (exact) mass is 252 g/mol. The van der Waals surface area contributed by atoms with E-state index >= 15 is 0 Å². The highest BCUT2D eigenvalue weighted by Gasteiger charge is 2.37. The van der Waals surface area contributed by atoms with E-state index in [1.807, 2.05) is 11.8 Å². The van der Waals surface area contributed by atoms with Crippen molar-refractivity contribution < 1.29 is 13.2 Å². The minimum absolute atomic E-state index is 0.141. The molecular weight excluding hydrogens is 241 g/mol. The van der Waals surface area contributed by atoms with Gasteiger partial charge in [-0.15, -0.1) is 0 Å². The van der Waals surface area contributed by atoms with Crippen LogP contribution >= 0.6 is 11.5 Å². The summed E-state index contributed by atoms with van der Waals surface area (Å²) >= 11 is 0.804. The lowest BCUT2D eigenvalue weighted by Crippen LogP contribution is -2.49. The van der Waals surface area contributed by atoms with Gasteiger partial charge in [-0.1, -0.05) is 0 Å². The minimum Gasteiger partial charge on any atom is -0.342 e. The molecule has 1 aromatic rings. The van der Waals surface area contributed by atoms with Crippen LogP contribution in [0, 0.1) is 0 Å². The maximum Gasteiger partial charge on any atom is 0.452 e. The number of aromatic nitrogens is 2. The standard InChI is InChI=1S/C8H11F3N4S/c1-5-4-12-2-3-15(5)7-13-6(14-16-7)8(9,10)11/h5,12H,2-4H2,1H3. The lowest BCUT2D eigenvalue weighted by atomic mass is 10.2. The van der Waals surface area contributed by atoms with E-state index in [9.17, 15) is 13.2 Å². The summed E-state index contributed by atoms with van der Waals surface area (Å²) in [4.78, 5) is 5.39. The second kappa shape index (κ2) is 4.17. The first-order valence-corrected chi connectivity index (χ1v) is 5.64. The summed E-state index contributed by atoms with van der Waals surface area (Å²) in [6.07, 6.45) is -4.45. The summed E-state index contributed by atoms with van der Waals surface area (Å²) in [7, 11) is 0. The first-order chi connectivity index (χ1) is 7.48. The Labute approximate surface area is 94.6 Å². The third kappa shape index (κ3) is 2.27. The fourth-order valence-electron chi connectivity index (χ4n) is 1.57. The zero-order valence-corrected chi connectivity index (χ0v) is 9.40. The van der Waals surface area contributed by atoms with Gasteiger partial charge in [-0.05, 0) is 6.92 Å². The van der Waals surface area contributed by atoms with Crippen LogP contribution < -0.4 is 10.2 Å². The number of nitrogens with zero attached hydrogens (tertiary/aromatic N) is 3. The predicted molar refractivity (Wildman–Crippen MR) is 54.6 cm³/mol. The molecule has 0 spiro atoms. The number of hydrogen-bond acceptors (Lipinski definition) is 5. The van der Waals surface area contributed by atoms with Gasteiger partial charge < -0.3 is 10.2 Å². The zero-order chi connectivity index (χ0) is 11.8. The fourth-order valence-corrected chi connectivity index (χ4v) is 2.39. The summed E-state index contributed by atoms with van der Waals surface area (Å²) in [5, 5.41) is 3.51. The maximum absolute atomic E-state index is 12.3. The van der Waals surface area contributed by atoms with Crippen molar-refractivity contribution in [3.8, 4) is 0 Å². The highest BCUT2D eigenvalue weighted by Crippen LogP contribution is 2.30. The van der Waals surface area contributed by atoms with Crippen molar-refractivity contribution in [1.82, 2.24) is 14.7 Å². The Hall–Kier alpha value is -0.890. The minimum atomic E-state index is -4.45. The molecule has 1 N–H and O–H groups in total. The molecule has 16 heavy (non-hydrogen) atoms. The molecule has 1 atom stereocenters. The smallest absolute Gasteiger partial charge is 0.342 e. The quantitative estimate of drug-likeness (QED) is 0.819. The molecular formula is C8H11F3N4S. The van der Waals surface area contributed by atoms with Crippen LogP contribution in [0.15, 0.2) is 0 Å². The molecule has 1 saturated heterocycles. The predicted octanol–water partition coefficient (Wildman–Crippen LogP) is 1.35. The van der Waals surface area contributed by atoms with E-state index < -0.39 is 12.0 Å². The summed E-state index contributed by atoms with van der Waals surface area (Å²) < 4.78 is 40.3. The van der Waals surface area contributed by atoms with Gasteiger partial charge in [0.1, 0.15) is 0 Å². The Morgan fingerprint density at radius 2 is 2.25 bits per heavy atom. The molecule has 8 heteroatoms. The van der Waals surface area contributed by atoms with Crippen LogP contribution in [0.2, 0.25) is 0 Å². The van der Waals surface area contributed by atoms with E-state index in [2.05, 4.69) is 14.7 Å². The molecule has 4 nitrogen and oxygen atoms in total. The molecule has 0 aromatic carbocycles. The van der Waals surface area contributed by atoms with E-state index in [-0.39, 0.29) is 6.04 Å². The highest BCUT2D eigenvalue weighted by atomic mass is 32.1. The molecule has 1 fully saturated rings. The largest absolute Gasteiger partial charge is 0.452 e. The average molecular weight is 252 g/mol. The first-order valence-electron chi connectivity index (χ1n) is 4.87. The summed E-state index contributed by atoms with van der Waals surface area (Å²) in [5.74, 6) is -1.04. The first kappa shape index (κ1) is 11.6. The lowest BCUT2D eigenvalue weighted by molar-refractivity contribution is -0.144. The molecule has 1 aromatic heterocycles. The Morgan fingerprint density at radius 3 is 2.81 bits per heavy atom. The molecule has 2 heterocycles. The molecule has 1 aliphatic heterocycles. The van der Waals surface area contributed by atoms with Crippen molar-refractivity contribution in [1.29, 1.82) is 0 Å². The van der Waals surface area contributed by atoms with E-state index in [0.717, 1.165) is 24.6 Å². The zero-order valence-electron chi connectivity index (χ0n) is 8.58. The van der Waals surface area contributed by atoms with Gasteiger partial charge in [0.25, 0.3) is 0 Å². The Morgan fingerprint density at radius 1 is 1.50 bits per heavy atom. The number of alkyl halides is 3. The van der Waals surface area contributed by atoms with Crippen molar-refractivity contribution in [2.75, 3.05) is 24.5 Å². The third-order valence-corrected chi connectivity index (χ3v) is 3.17. The van der Waals surface area contributed by atoms with E-state index in [1.54, 1.807) is 0 Å². The molecule has 0 aliphatic carbocycles. The van der Waals surface area contributed by atoms with Crippen LogP contribution in [0.25, 0.3) is 0 Å². The van der Waals surface area contributed by atoms with Crippen molar-refractivity contribution in [3.63, 3.8) is 0 Å². The average Bonchev–Trinajstić information content (AvgIpc) is 2.66. The number of hydrogen-bond donors (Lipinski definition) is 1. The van der Waals surface area contributed by atoms with Gasteiger partial charge in [0.15, 0.2) is 0 Å². The molecule has 0 radical (unpaired) electrons. The van der Waals surface area contributed by atoms with Crippen LogP contribution in [-0.4, -0.2) is 35.0 Å². The Balaban J connectivity index is 2.18. The number of nitrogens with one attached hydrogen (secondary N) is 1. The molecule has 90 valence electrons. The van der Waals surface area contributed by atoms with Crippen LogP contribution in [0.4, 0.5) is 18.3 Å². The lowest BCUT2D eigenvalue weighted by Gasteiger charge is -2.33. The molecule has 1 aliphatic rings. The van der Waals surface area contributed by atoms with E-state index in [4.69, 9.17) is 0 Å². The Kier molecular flexibility index (Phi) is 3.02. The number of halogens is 3. The van der Waals surface area contributed by atoms with Gasteiger partial charge in [-0.25, -0.2) is 0 Å². The second-order valence-corrected chi connectivity index (χ2v) is 4.38. The van der Waals surface area contributed by atoms with Gasteiger partial charge in [-0.2, -0.15) is 22.5 Å². The van der Waals surface area contributed by atoms with Crippen molar-refractivity contribution in [3.05, 3.63) is 5.82 Å². The second-order valence-electron chi connectivity index (χ2n) is 3.64. The van der Waals surface area contributed by atoms with Crippen LogP contribution in [0.3, 0.4) is 0 Å². The summed E-state index contributed by atoms with van der Waals surface area (Å²) in [6.45, 7) is 4.11.